The van der Waals surface area contributed by atoms with E-state index in [4.69, 9.17) is 9.52 Å². The highest BCUT2D eigenvalue weighted by atomic mass is 16.4. The molecule has 0 aliphatic carbocycles. The van der Waals surface area contributed by atoms with Gasteiger partial charge in [0.2, 0.25) is 0 Å². The highest BCUT2D eigenvalue weighted by Gasteiger charge is 2.17. The predicted octanol–water partition coefficient (Wildman–Crippen LogP) is 1.53. The van der Waals surface area contributed by atoms with E-state index in [9.17, 15) is 4.79 Å². The van der Waals surface area contributed by atoms with Gasteiger partial charge in [0.15, 0.2) is 5.88 Å². The molecule has 1 aromatic heterocycles. The Morgan fingerprint density at radius 1 is 1.54 bits per heavy atom. The number of rotatable bonds is 3. The second kappa shape index (κ2) is 3.51. The molecule has 72 valence electrons. The van der Waals surface area contributed by atoms with Crippen molar-refractivity contribution in [3.63, 3.8) is 0 Å². The van der Waals surface area contributed by atoms with Crippen molar-refractivity contribution in [1.29, 1.82) is 0 Å². The van der Waals surface area contributed by atoms with Crippen LogP contribution in [0.2, 0.25) is 0 Å². The average molecular weight is 183 g/mol. The lowest BCUT2D eigenvalue weighted by Crippen LogP contribution is -2.08. The Bertz CT molecular complexity index is 304. The van der Waals surface area contributed by atoms with Crippen molar-refractivity contribution in [3.8, 4) is 0 Å². The third-order valence-electron chi connectivity index (χ3n) is 1.85. The third-order valence-corrected chi connectivity index (χ3v) is 1.85. The van der Waals surface area contributed by atoms with Gasteiger partial charge in [-0.1, -0.05) is 0 Å². The van der Waals surface area contributed by atoms with E-state index < -0.39 is 11.9 Å². The largest absolute Gasteiger partial charge is 0.481 e. The van der Waals surface area contributed by atoms with Gasteiger partial charge >= 0.3 is 5.97 Å². The predicted molar refractivity (Wildman–Crippen MR) is 49.1 cm³/mol. The maximum Gasteiger partial charge on any atom is 0.313 e. The number of carboxylic acid groups (broad SMARTS) is 1. The first-order chi connectivity index (χ1) is 6.02. The Hall–Kier alpha value is -1.45. The van der Waals surface area contributed by atoms with Gasteiger partial charge in [-0.05, 0) is 13.0 Å². The molecule has 0 saturated carbocycles. The molecular weight excluding hydrogens is 170 g/mol. The molecule has 1 atom stereocenters. The molecule has 1 aromatic rings. The van der Waals surface area contributed by atoms with Crippen LogP contribution in [-0.2, 0) is 4.79 Å². The van der Waals surface area contributed by atoms with Gasteiger partial charge in [-0.2, -0.15) is 0 Å². The van der Waals surface area contributed by atoms with Crippen LogP contribution in [0.5, 0.6) is 0 Å². The molecule has 0 fully saturated rings. The van der Waals surface area contributed by atoms with Crippen LogP contribution in [0.15, 0.2) is 16.5 Å². The van der Waals surface area contributed by atoms with Gasteiger partial charge in [-0.25, -0.2) is 0 Å². The minimum absolute atomic E-state index is 0.483. The van der Waals surface area contributed by atoms with Crippen LogP contribution in [0.1, 0.15) is 18.6 Å². The summed E-state index contributed by atoms with van der Waals surface area (Å²) in [5.74, 6) is -0.312. The van der Waals surface area contributed by atoms with Crippen LogP contribution in [0.4, 0.5) is 5.88 Å². The number of aliphatic carboxylic acids is 1. The van der Waals surface area contributed by atoms with Crippen molar-refractivity contribution in [2.75, 3.05) is 19.0 Å². The highest BCUT2D eigenvalue weighted by Crippen LogP contribution is 2.22. The lowest BCUT2D eigenvalue weighted by molar-refractivity contribution is -0.138. The summed E-state index contributed by atoms with van der Waals surface area (Å²) in [4.78, 5) is 12.4. The maximum atomic E-state index is 10.6. The van der Waals surface area contributed by atoms with E-state index in [1.165, 1.54) is 0 Å². The summed E-state index contributed by atoms with van der Waals surface area (Å²) >= 11 is 0. The first-order valence-electron chi connectivity index (χ1n) is 4.02. The summed E-state index contributed by atoms with van der Waals surface area (Å²) in [6.45, 7) is 1.60. The summed E-state index contributed by atoms with van der Waals surface area (Å²) in [6, 6.07) is 3.45. The van der Waals surface area contributed by atoms with Crippen LogP contribution in [0, 0.1) is 0 Å². The molecule has 4 nitrogen and oxygen atoms in total. The third kappa shape index (κ3) is 2.02. The molecule has 0 bridgehead atoms. The van der Waals surface area contributed by atoms with Crippen LogP contribution in [0.25, 0.3) is 0 Å². The Balaban J connectivity index is 2.85. The van der Waals surface area contributed by atoms with Crippen LogP contribution in [-0.4, -0.2) is 25.2 Å². The van der Waals surface area contributed by atoms with Gasteiger partial charge in [-0.15, -0.1) is 0 Å². The summed E-state index contributed by atoms with van der Waals surface area (Å²) in [5, 5.41) is 8.71. The van der Waals surface area contributed by atoms with E-state index in [0.29, 0.717) is 11.6 Å². The fraction of sp³-hybridized carbons (Fsp3) is 0.444. The number of nitrogens with zero attached hydrogens (tertiary/aromatic N) is 1. The number of anilines is 1. The summed E-state index contributed by atoms with van der Waals surface area (Å²) in [6.07, 6.45) is 0. The number of hydrogen-bond acceptors (Lipinski definition) is 3. The van der Waals surface area contributed by atoms with E-state index in [2.05, 4.69) is 0 Å². The standard InChI is InChI=1S/C9H13NO3/c1-6(9(11)12)7-4-5-8(13-7)10(2)3/h4-6H,1-3H3,(H,11,12). The first-order valence-corrected chi connectivity index (χ1v) is 4.02. The van der Waals surface area contributed by atoms with Crippen molar-refractivity contribution >= 4 is 11.9 Å². The van der Waals surface area contributed by atoms with Crippen LogP contribution in [0.3, 0.4) is 0 Å². The molecule has 0 saturated heterocycles. The highest BCUT2D eigenvalue weighted by molar-refractivity contribution is 5.74. The Kier molecular flexibility index (Phi) is 2.60. The summed E-state index contributed by atoms with van der Waals surface area (Å²) in [7, 11) is 3.68. The molecule has 0 aliphatic heterocycles. The fourth-order valence-corrected chi connectivity index (χ4v) is 0.937. The molecule has 13 heavy (non-hydrogen) atoms. The molecule has 4 heteroatoms. The lowest BCUT2D eigenvalue weighted by atomic mass is 10.1. The second-order valence-electron chi connectivity index (χ2n) is 3.13. The van der Waals surface area contributed by atoms with Crippen LogP contribution >= 0.6 is 0 Å². The van der Waals surface area contributed by atoms with Gasteiger partial charge < -0.3 is 14.4 Å². The number of furan rings is 1. The zero-order valence-corrected chi connectivity index (χ0v) is 7.94. The van der Waals surface area contributed by atoms with Gasteiger partial charge in [0.05, 0.1) is 0 Å². The van der Waals surface area contributed by atoms with E-state index >= 15 is 0 Å². The molecule has 0 amide bonds. The molecule has 1 N–H and O–H groups in total. The molecule has 0 aliphatic rings. The van der Waals surface area contributed by atoms with Crippen molar-refractivity contribution in [3.05, 3.63) is 17.9 Å². The molecule has 1 unspecified atom stereocenters. The van der Waals surface area contributed by atoms with Crippen molar-refractivity contribution in [2.24, 2.45) is 0 Å². The number of hydrogen-bond donors (Lipinski definition) is 1. The van der Waals surface area contributed by atoms with E-state index in [1.54, 1.807) is 24.0 Å². The zero-order valence-electron chi connectivity index (χ0n) is 7.94. The topological polar surface area (TPSA) is 53.7 Å². The monoisotopic (exact) mass is 183 g/mol. The van der Waals surface area contributed by atoms with E-state index in [-0.39, 0.29) is 0 Å². The van der Waals surface area contributed by atoms with Crippen LogP contribution < -0.4 is 4.90 Å². The Morgan fingerprint density at radius 3 is 2.54 bits per heavy atom. The summed E-state index contributed by atoms with van der Waals surface area (Å²) in [5.41, 5.74) is 0. The van der Waals surface area contributed by atoms with E-state index in [0.717, 1.165) is 0 Å². The molecule has 0 spiro atoms. The molecule has 0 radical (unpaired) electrons. The normalized spacial score (nSPS) is 12.5. The summed E-state index contributed by atoms with van der Waals surface area (Å²) < 4.78 is 5.31. The molecule has 0 aromatic carbocycles. The molecule has 1 rings (SSSR count). The van der Waals surface area contributed by atoms with Crippen molar-refractivity contribution < 1.29 is 14.3 Å². The van der Waals surface area contributed by atoms with E-state index in [1.807, 2.05) is 14.1 Å². The smallest absolute Gasteiger partial charge is 0.313 e. The SMILES string of the molecule is CC(C(=O)O)c1ccc(N(C)C)o1. The van der Waals surface area contributed by atoms with Gasteiger partial charge in [-0.3, -0.25) is 4.79 Å². The Morgan fingerprint density at radius 2 is 2.15 bits per heavy atom. The van der Waals surface area contributed by atoms with Gasteiger partial charge in [0.1, 0.15) is 11.7 Å². The maximum absolute atomic E-state index is 10.6. The van der Waals surface area contributed by atoms with Gasteiger partial charge in [0.25, 0.3) is 0 Å². The van der Waals surface area contributed by atoms with Crippen molar-refractivity contribution in [1.82, 2.24) is 0 Å². The number of carbonyl (C=O) groups is 1. The first kappa shape index (κ1) is 9.64. The van der Waals surface area contributed by atoms with Crippen molar-refractivity contribution in [2.45, 2.75) is 12.8 Å². The fourth-order valence-electron chi connectivity index (χ4n) is 0.937. The Labute approximate surface area is 76.8 Å². The molecular formula is C9H13NO3. The second-order valence-corrected chi connectivity index (χ2v) is 3.13. The lowest BCUT2D eigenvalue weighted by Gasteiger charge is -2.07. The quantitative estimate of drug-likeness (QED) is 0.772. The number of carboxylic acids is 1. The minimum Gasteiger partial charge on any atom is -0.481 e. The minimum atomic E-state index is -0.875. The van der Waals surface area contributed by atoms with Gasteiger partial charge in [0, 0.05) is 20.2 Å². The average Bonchev–Trinajstić information content (AvgIpc) is 2.50. The zero-order chi connectivity index (χ0) is 10.0. The molecule has 1 heterocycles.